The van der Waals surface area contributed by atoms with Gasteiger partial charge in [0.2, 0.25) is 0 Å². The predicted molar refractivity (Wildman–Crippen MR) is 42.7 cm³/mol. The van der Waals surface area contributed by atoms with Crippen LogP contribution in [-0.4, -0.2) is 6.21 Å². The first kappa shape index (κ1) is 8.15. The Balaban J connectivity index is 3.60. The molecule has 0 bridgehead atoms. The molecule has 0 saturated heterocycles. The highest BCUT2D eigenvalue weighted by Crippen LogP contribution is 1.84. The second-order valence-electron chi connectivity index (χ2n) is 2.02. The van der Waals surface area contributed by atoms with Gasteiger partial charge in [-0.1, -0.05) is 11.6 Å². The van der Waals surface area contributed by atoms with Crippen molar-refractivity contribution in [2.24, 2.45) is 4.99 Å². The Hall–Kier alpha value is -0.850. The number of aliphatic imine (C=N–C) groups is 1. The highest BCUT2D eigenvalue weighted by molar-refractivity contribution is 5.72. The number of rotatable bonds is 2. The van der Waals surface area contributed by atoms with Gasteiger partial charge in [0.25, 0.3) is 0 Å². The summed E-state index contributed by atoms with van der Waals surface area (Å²) in [7, 11) is 0. The van der Waals surface area contributed by atoms with Crippen LogP contribution in [0.4, 0.5) is 0 Å². The van der Waals surface area contributed by atoms with Crippen LogP contribution in [0.25, 0.3) is 0 Å². The van der Waals surface area contributed by atoms with Crippen molar-refractivity contribution in [1.82, 2.24) is 0 Å². The van der Waals surface area contributed by atoms with E-state index in [1.54, 1.807) is 12.4 Å². The summed E-state index contributed by atoms with van der Waals surface area (Å²) in [5, 5.41) is 0. The molecule has 0 atom stereocenters. The van der Waals surface area contributed by atoms with Crippen LogP contribution in [0.5, 0.6) is 0 Å². The van der Waals surface area contributed by atoms with Crippen molar-refractivity contribution in [3.05, 3.63) is 23.9 Å². The fourth-order valence-electron chi connectivity index (χ4n) is 0.328. The van der Waals surface area contributed by atoms with Crippen LogP contribution < -0.4 is 0 Å². The molecule has 0 aromatic heterocycles. The second-order valence-corrected chi connectivity index (χ2v) is 2.02. The summed E-state index contributed by atoms with van der Waals surface area (Å²) < 4.78 is 0. The Bertz CT molecular complexity index is 137. The van der Waals surface area contributed by atoms with Crippen LogP contribution in [0.3, 0.4) is 0 Å². The first-order valence-electron chi connectivity index (χ1n) is 3.05. The average molecular weight is 123 g/mol. The molecule has 0 aromatic carbocycles. The molecule has 0 saturated carbocycles. The molecule has 0 aromatic rings. The van der Waals surface area contributed by atoms with E-state index in [1.807, 2.05) is 32.9 Å². The Morgan fingerprint density at radius 1 is 1.33 bits per heavy atom. The standard InChI is InChI=1S/C8H13N/c1-4-6-9-7-5-8(2)3/h4-7H,1-3H3. The average Bonchev–Trinajstić information content (AvgIpc) is 1.80. The Morgan fingerprint density at radius 3 is 2.44 bits per heavy atom. The molecule has 0 amide bonds. The van der Waals surface area contributed by atoms with Gasteiger partial charge in [0.15, 0.2) is 0 Å². The fourth-order valence-corrected chi connectivity index (χ4v) is 0.328. The summed E-state index contributed by atoms with van der Waals surface area (Å²) in [5.41, 5.74) is 1.27. The van der Waals surface area contributed by atoms with E-state index in [0.717, 1.165) is 0 Å². The smallest absolute Gasteiger partial charge is 0.0266 e. The summed E-state index contributed by atoms with van der Waals surface area (Å²) >= 11 is 0. The van der Waals surface area contributed by atoms with Crippen molar-refractivity contribution in [3.8, 4) is 0 Å². The van der Waals surface area contributed by atoms with E-state index in [-0.39, 0.29) is 0 Å². The SMILES string of the molecule is CC=CN=CC=C(C)C. The third-order valence-electron chi connectivity index (χ3n) is 0.729. The first-order valence-corrected chi connectivity index (χ1v) is 3.05. The minimum absolute atomic E-state index is 1.27. The van der Waals surface area contributed by atoms with E-state index >= 15 is 0 Å². The van der Waals surface area contributed by atoms with Crippen molar-refractivity contribution < 1.29 is 0 Å². The van der Waals surface area contributed by atoms with Gasteiger partial charge in [0, 0.05) is 12.4 Å². The molecule has 0 spiro atoms. The monoisotopic (exact) mass is 123 g/mol. The number of allylic oxidation sites excluding steroid dienone is 3. The summed E-state index contributed by atoms with van der Waals surface area (Å²) in [6.45, 7) is 6.03. The van der Waals surface area contributed by atoms with Crippen molar-refractivity contribution >= 4 is 6.21 Å². The van der Waals surface area contributed by atoms with Crippen molar-refractivity contribution in [2.45, 2.75) is 20.8 Å². The van der Waals surface area contributed by atoms with Crippen LogP contribution in [0.2, 0.25) is 0 Å². The van der Waals surface area contributed by atoms with Crippen molar-refractivity contribution in [3.63, 3.8) is 0 Å². The lowest BCUT2D eigenvalue weighted by Gasteiger charge is -1.78. The predicted octanol–water partition coefficient (Wildman–Crippen LogP) is 2.56. The Kier molecular flexibility index (Phi) is 4.79. The fraction of sp³-hybridized carbons (Fsp3) is 0.375. The molecular weight excluding hydrogens is 110 g/mol. The van der Waals surface area contributed by atoms with Crippen molar-refractivity contribution in [1.29, 1.82) is 0 Å². The molecule has 0 aliphatic carbocycles. The maximum atomic E-state index is 3.95. The van der Waals surface area contributed by atoms with E-state index in [0.29, 0.717) is 0 Å². The van der Waals surface area contributed by atoms with Gasteiger partial charge < -0.3 is 0 Å². The van der Waals surface area contributed by atoms with Crippen LogP contribution in [0.15, 0.2) is 28.9 Å². The minimum Gasteiger partial charge on any atom is -0.265 e. The largest absolute Gasteiger partial charge is 0.265 e. The minimum atomic E-state index is 1.27. The molecule has 1 heteroatoms. The molecule has 0 heterocycles. The van der Waals surface area contributed by atoms with E-state index in [2.05, 4.69) is 4.99 Å². The maximum absolute atomic E-state index is 3.95. The molecule has 0 fully saturated rings. The van der Waals surface area contributed by atoms with Gasteiger partial charge in [-0.15, -0.1) is 0 Å². The molecule has 0 N–H and O–H groups in total. The molecule has 9 heavy (non-hydrogen) atoms. The summed E-state index contributed by atoms with van der Waals surface area (Å²) in [5.74, 6) is 0. The zero-order chi connectivity index (χ0) is 7.11. The third kappa shape index (κ3) is 7.15. The third-order valence-corrected chi connectivity index (χ3v) is 0.729. The van der Waals surface area contributed by atoms with E-state index in [4.69, 9.17) is 0 Å². The molecule has 50 valence electrons. The van der Waals surface area contributed by atoms with Crippen LogP contribution in [-0.2, 0) is 0 Å². The maximum Gasteiger partial charge on any atom is 0.0266 e. The zero-order valence-electron chi connectivity index (χ0n) is 6.26. The first-order chi connectivity index (χ1) is 4.27. The highest BCUT2D eigenvalue weighted by Gasteiger charge is 1.67. The van der Waals surface area contributed by atoms with Gasteiger partial charge in [-0.3, -0.25) is 4.99 Å². The Labute approximate surface area is 56.8 Å². The molecular formula is C8H13N. The highest BCUT2D eigenvalue weighted by atomic mass is 14.6. The topological polar surface area (TPSA) is 12.4 Å². The van der Waals surface area contributed by atoms with Crippen molar-refractivity contribution in [2.75, 3.05) is 0 Å². The summed E-state index contributed by atoms with van der Waals surface area (Å²) in [6, 6.07) is 0. The molecule has 1 nitrogen and oxygen atoms in total. The second kappa shape index (κ2) is 5.29. The molecule has 0 rings (SSSR count). The molecule has 0 aliphatic rings. The van der Waals surface area contributed by atoms with E-state index < -0.39 is 0 Å². The van der Waals surface area contributed by atoms with E-state index in [1.165, 1.54) is 5.57 Å². The summed E-state index contributed by atoms with van der Waals surface area (Å²) in [6.07, 6.45) is 7.42. The number of hydrogen-bond donors (Lipinski definition) is 0. The zero-order valence-corrected chi connectivity index (χ0v) is 6.26. The van der Waals surface area contributed by atoms with Crippen LogP contribution in [0.1, 0.15) is 20.8 Å². The van der Waals surface area contributed by atoms with Crippen LogP contribution in [0, 0.1) is 0 Å². The van der Waals surface area contributed by atoms with Gasteiger partial charge >= 0.3 is 0 Å². The van der Waals surface area contributed by atoms with E-state index in [9.17, 15) is 0 Å². The summed E-state index contributed by atoms with van der Waals surface area (Å²) in [4.78, 5) is 3.95. The lowest BCUT2D eigenvalue weighted by atomic mass is 10.3. The lowest BCUT2D eigenvalue weighted by Crippen LogP contribution is -1.65. The lowest BCUT2D eigenvalue weighted by molar-refractivity contribution is 1.40. The Morgan fingerprint density at radius 2 is 2.00 bits per heavy atom. The number of nitrogens with zero attached hydrogens (tertiary/aromatic N) is 1. The molecule has 0 unspecified atom stereocenters. The molecule has 0 aliphatic heterocycles. The normalized spacial score (nSPS) is 11.0. The quantitative estimate of drug-likeness (QED) is 0.500. The number of hydrogen-bond acceptors (Lipinski definition) is 1. The van der Waals surface area contributed by atoms with Gasteiger partial charge in [0.05, 0.1) is 0 Å². The van der Waals surface area contributed by atoms with Crippen LogP contribution >= 0.6 is 0 Å². The van der Waals surface area contributed by atoms with Gasteiger partial charge in [-0.05, 0) is 26.8 Å². The van der Waals surface area contributed by atoms with Gasteiger partial charge in [-0.25, -0.2) is 0 Å². The van der Waals surface area contributed by atoms with Gasteiger partial charge in [0.1, 0.15) is 0 Å². The molecule has 0 radical (unpaired) electrons. The van der Waals surface area contributed by atoms with Gasteiger partial charge in [-0.2, -0.15) is 0 Å².